The Labute approximate surface area is 124 Å². The van der Waals surface area contributed by atoms with Crippen LogP contribution >= 0.6 is 11.3 Å². The van der Waals surface area contributed by atoms with Crippen molar-refractivity contribution in [3.8, 4) is 5.75 Å². The number of aryl methyl sites for hydroxylation is 1. The van der Waals surface area contributed by atoms with Crippen molar-refractivity contribution >= 4 is 17.0 Å². The molecule has 1 atom stereocenters. The molecule has 1 aliphatic rings. The number of rotatable bonds is 5. The van der Waals surface area contributed by atoms with Crippen LogP contribution in [0.15, 0.2) is 35.7 Å². The van der Waals surface area contributed by atoms with Gasteiger partial charge < -0.3 is 10.1 Å². The third-order valence-electron chi connectivity index (χ3n) is 3.73. The first-order chi connectivity index (χ1) is 9.88. The van der Waals surface area contributed by atoms with E-state index in [4.69, 9.17) is 4.74 Å². The van der Waals surface area contributed by atoms with E-state index >= 15 is 0 Å². The van der Waals surface area contributed by atoms with Crippen LogP contribution in [-0.4, -0.2) is 6.61 Å². The molecule has 3 heteroatoms. The molecule has 2 aromatic rings. The van der Waals surface area contributed by atoms with Crippen molar-refractivity contribution in [2.45, 2.75) is 38.6 Å². The van der Waals surface area contributed by atoms with Crippen molar-refractivity contribution in [3.63, 3.8) is 0 Å². The zero-order chi connectivity index (χ0) is 13.8. The van der Waals surface area contributed by atoms with Gasteiger partial charge in [0.15, 0.2) is 0 Å². The summed E-state index contributed by atoms with van der Waals surface area (Å²) in [4.78, 5) is 1.54. The predicted octanol–water partition coefficient (Wildman–Crippen LogP) is 5.03. The number of hydrogen-bond donors (Lipinski definition) is 1. The fourth-order valence-corrected chi connectivity index (χ4v) is 3.74. The fraction of sp³-hybridized carbons (Fsp3) is 0.412. The number of thiophene rings is 1. The highest BCUT2D eigenvalue weighted by Crippen LogP contribution is 2.37. The van der Waals surface area contributed by atoms with E-state index in [1.165, 1.54) is 24.8 Å². The molecule has 1 aliphatic carbocycles. The summed E-state index contributed by atoms with van der Waals surface area (Å²) in [5.41, 5.74) is 2.59. The van der Waals surface area contributed by atoms with Crippen molar-refractivity contribution < 1.29 is 4.74 Å². The van der Waals surface area contributed by atoms with Crippen LogP contribution in [-0.2, 0) is 6.42 Å². The Hall–Kier alpha value is -1.48. The fourth-order valence-electron chi connectivity index (χ4n) is 2.75. The Morgan fingerprint density at radius 1 is 1.30 bits per heavy atom. The Bertz CT molecular complexity index is 564. The highest BCUT2D eigenvalue weighted by atomic mass is 32.1. The van der Waals surface area contributed by atoms with Crippen LogP contribution in [0.1, 0.15) is 42.7 Å². The number of nitrogens with one attached hydrogen (secondary N) is 1. The van der Waals surface area contributed by atoms with Crippen LogP contribution in [0.25, 0.3) is 0 Å². The largest absolute Gasteiger partial charge is 0.491 e. The first kappa shape index (κ1) is 13.5. The molecule has 0 fully saturated rings. The molecule has 2 nitrogen and oxygen atoms in total. The first-order valence-electron chi connectivity index (χ1n) is 7.43. The van der Waals surface area contributed by atoms with Crippen molar-refractivity contribution in [1.82, 2.24) is 0 Å². The van der Waals surface area contributed by atoms with Crippen LogP contribution in [0.5, 0.6) is 5.75 Å². The minimum atomic E-state index is 0.427. The van der Waals surface area contributed by atoms with Gasteiger partial charge in [0.2, 0.25) is 0 Å². The molecule has 1 aromatic heterocycles. The predicted molar refractivity (Wildman–Crippen MR) is 85.8 cm³/mol. The number of ether oxygens (including phenoxy) is 1. The maximum atomic E-state index is 5.84. The van der Waals surface area contributed by atoms with Gasteiger partial charge >= 0.3 is 0 Å². The van der Waals surface area contributed by atoms with Gasteiger partial charge in [0.05, 0.1) is 18.3 Å². The summed E-state index contributed by atoms with van der Waals surface area (Å²) in [6.07, 6.45) is 4.74. The lowest BCUT2D eigenvalue weighted by Crippen LogP contribution is -2.16. The number of anilines is 1. The normalized spacial score (nSPS) is 17.6. The van der Waals surface area contributed by atoms with E-state index in [1.54, 1.807) is 4.88 Å². The van der Waals surface area contributed by atoms with Crippen LogP contribution in [0, 0.1) is 0 Å². The van der Waals surface area contributed by atoms with Gasteiger partial charge in [-0.15, -0.1) is 11.3 Å². The minimum Gasteiger partial charge on any atom is -0.491 e. The highest BCUT2D eigenvalue weighted by Gasteiger charge is 2.21. The van der Waals surface area contributed by atoms with Crippen LogP contribution in [0.3, 0.4) is 0 Å². The molecular formula is C17H21NOS. The molecule has 1 heterocycles. The molecule has 0 saturated heterocycles. The van der Waals surface area contributed by atoms with E-state index in [9.17, 15) is 0 Å². The molecule has 1 aromatic carbocycles. The third kappa shape index (κ3) is 2.83. The second kappa shape index (κ2) is 6.31. The summed E-state index contributed by atoms with van der Waals surface area (Å²) in [5, 5.41) is 5.89. The first-order valence-corrected chi connectivity index (χ1v) is 8.31. The maximum Gasteiger partial charge on any atom is 0.142 e. The van der Waals surface area contributed by atoms with E-state index in [2.05, 4.69) is 41.9 Å². The average molecular weight is 287 g/mol. The average Bonchev–Trinajstić information content (AvgIpc) is 2.96. The maximum absolute atomic E-state index is 5.84. The standard InChI is InChI=1S/C17H21NOS/c1-2-11-19-16-8-4-3-6-15(16)18-14-7-5-9-17-13(14)10-12-20-17/h3-4,6,8,10,12,14,18H,2,5,7,9,11H2,1H3. The third-order valence-corrected chi connectivity index (χ3v) is 4.73. The van der Waals surface area contributed by atoms with Gasteiger partial charge in [-0.2, -0.15) is 0 Å². The molecule has 3 rings (SSSR count). The van der Waals surface area contributed by atoms with Crippen LogP contribution in [0.4, 0.5) is 5.69 Å². The van der Waals surface area contributed by atoms with Gasteiger partial charge in [-0.1, -0.05) is 19.1 Å². The molecule has 0 bridgehead atoms. The summed E-state index contributed by atoms with van der Waals surface area (Å²) in [6, 6.07) is 11.0. The minimum absolute atomic E-state index is 0.427. The van der Waals surface area contributed by atoms with Crippen LogP contribution < -0.4 is 10.1 Å². The van der Waals surface area contributed by atoms with E-state index in [0.717, 1.165) is 24.5 Å². The molecule has 106 valence electrons. The lowest BCUT2D eigenvalue weighted by molar-refractivity contribution is 0.318. The summed E-state index contributed by atoms with van der Waals surface area (Å²) in [7, 11) is 0. The Morgan fingerprint density at radius 3 is 3.10 bits per heavy atom. The molecule has 0 amide bonds. The smallest absolute Gasteiger partial charge is 0.142 e. The van der Waals surface area contributed by atoms with Gasteiger partial charge in [0.25, 0.3) is 0 Å². The van der Waals surface area contributed by atoms with Crippen molar-refractivity contribution in [2.75, 3.05) is 11.9 Å². The van der Waals surface area contributed by atoms with E-state index in [1.807, 2.05) is 17.4 Å². The second-order valence-corrected chi connectivity index (χ2v) is 6.23. The van der Waals surface area contributed by atoms with Crippen LogP contribution in [0.2, 0.25) is 0 Å². The summed E-state index contributed by atoms with van der Waals surface area (Å²) in [5.74, 6) is 0.969. The summed E-state index contributed by atoms with van der Waals surface area (Å²) in [6.45, 7) is 2.90. The Balaban J connectivity index is 1.79. The van der Waals surface area contributed by atoms with Gasteiger partial charge in [-0.05, 0) is 54.8 Å². The molecule has 0 spiro atoms. The van der Waals surface area contributed by atoms with Gasteiger partial charge in [-0.3, -0.25) is 0 Å². The van der Waals surface area contributed by atoms with Crippen molar-refractivity contribution in [2.24, 2.45) is 0 Å². The topological polar surface area (TPSA) is 21.3 Å². The molecule has 0 aliphatic heterocycles. The van der Waals surface area contributed by atoms with Crippen molar-refractivity contribution in [3.05, 3.63) is 46.2 Å². The number of fused-ring (bicyclic) bond motifs is 1. The second-order valence-electron chi connectivity index (χ2n) is 5.23. The number of hydrogen-bond acceptors (Lipinski definition) is 3. The van der Waals surface area contributed by atoms with E-state index in [0.29, 0.717) is 6.04 Å². The molecule has 0 saturated carbocycles. The SMILES string of the molecule is CCCOc1ccccc1NC1CCCc2sccc21. The Morgan fingerprint density at radius 2 is 2.20 bits per heavy atom. The number of para-hydroxylation sites is 2. The van der Waals surface area contributed by atoms with E-state index in [-0.39, 0.29) is 0 Å². The van der Waals surface area contributed by atoms with E-state index < -0.39 is 0 Å². The molecule has 1 unspecified atom stereocenters. The lowest BCUT2D eigenvalue weighted by Gasteiger charge is -2.25. The quantitative estimate of drug-likeness (QED) is 0.833. The monoisotopic (exact) mass is 287 g/mol. The zero-order valence-corrected chi connectivity index (χ0v) is 12.7. The molecular weight excluding hydrogens is 266 g/mol. The van der Waals surface area contributed by atoms with Gasteiger partial charge in [0.1, 0.15) is 5.75 Å². The zero-order valence-electron chi connectivity index (χ0n) is 11.9. The lowest BCUT2D eigenvalue weighted by atomic mass is 9.94. The van der Waals surface area contributed by atoms with Gasteiger partial charge in [-0.25, -0.2) is 0 Å². The number of benzene rings is 1. The highest BCUT2D eigenvalue weighted by molar-refractivity contribution is 7.10. The molecule has 20 heavy (non-hydrogen) atoms. The summed E-state index contributed by atoms with van der Waals surface area (Å²) >= 11 is 1.89. The summed E-state index contributed by atoms with van der Waals surface area (Å²) < 4.78 is 5.84. The molecule has 0 radical (unpaired) electrons. The molecule has 1 N–H and O–H groups in total. The Kier molecular flexibility index (Phi) is 4.26. The van der Waals surface area contributed by atoms with Crippen molar-refractivity contribution in [1.29, 1.82) is 0 Å². The van der Waals surface area contributed by atoms with Gasteiger partial charge in [0, 0.05) is 4.88 Å².